The molecule has 0 aromatic heterocycles. The van der Waals surface area contributed by atoms with Crippen molar-refractivity contribution in [3.8, 4) is 5.75 Å². The van der Waals surface area contributed by atoms with Crippen LogP contribution in [0.1, 0.15) is 25.3 Å². The van der Waals surface area contributed by atoms with Gasteiger partial charge in [-0.1, -0.05) is 12.1 Å². The molecule has 2 N–H and O–H groups in total. The van der Waals surface area contributed by atoms with Crippen LogP contribution in [0.25, 0.3) is 0 Å². The molecule has 0 saturated carbocycles. The van der Waals surface area contributed by atoms with Crippen molar-refractivity contribution in [1.82, 2.24) is 5.32 Å². The first-order valence-electron chi connectivity index (χ1n) is 7.25. The number of carboxylic acids is 1. The lowest BCUT2D eigenvalue weighted by atomic mass is 9.94. The van der Waals surface area contributed by atoms with Crippen LogP contribution in [0.5, 0.6) is 5.75 Å². The number of aliphatic carboxylic acids is 1. The van der Waals surface area contributed by atoms with Crippen LogP contribution in [0.4, 0.5) is 0 Å². The second-order valence-corrected chi connectivity index (χ2v) is 5.72. The molecule has 1 aromatic rings. The van der Waals surface area contributed by atoms with Gasteiger partial charge in [0.1, 0.15) is 5.75 Å². The minimum atomic E-state index is -0.960. The van der Waals surface area contributed by atoms with Crippen LogP contribution in [0.3, 0.4) is 0 Å². The van der Waals surface area contributed by atoms with Crippen molar-refractivity contribution in [3.05, 3.63) is 29.8 Å². The Bertz CT molecular complexity index is 551. The molecule has 1 fully saturated rings. The second kappa shape index (κ2) is 6.79. The molecule has 1 aromatic carbocycles. The van der Waals surface area contributed by atoms with Gasteiger partial charge in [-0.3, -0.25) is 9.59 Å². The number of rotatable bonds is 6. The first-order chi connectivity index (χ1) is 10.4. The highest BCUT2D eigenvalue weighted by molar-refractivity contribution is 5.82. The first kappa shape index (κ1) is 16.3. The van der Waals surface area contributed by atoms with E-state index in [-0.39, 0.29) is 18.9 Å². The highest BCUT2D eigenvalue weighted by Gasteiger charge is 2.39. The number of carbonyl (C=O) groups excluding carboxylic acids is 1. The van der Waals surface area contributed by atoms with Gasteiger partial charge in [-0.25, -0.2) is 0 Å². The zero-order valence-electron chi connectivity index (χ0n) is 12.8. The van der Waals surface area contributed by atoms with Crippen LogP contribution in [-0.4, -0.2) is 41.8 Å². The summed E-state index contributed by atoms with van der Waals surface area (Å²) in [5.74, 6) is -0.691. The molecule has 0 radical (unpaired) electrons. The maximum absolute atomic E-state index is 12.3. The van der Waals surface area contributed by atoms with E-state index in [1.807, 2.05) is 25.1 Å². The third-order valence-corrected chi connectivity index (χ3v) is 3.65. The summed E-state index contributed by atoms with van der Waals surface area (Å²) < 4.78 is 10.9. The van der Waals surface area contributed by atoms with E-state index in [1.165, 1.54) is 0 Å². The maximum atomic E-state index is 12.3. The molecule has 2 rings (SSSR count). The number of carbonyl (C=O) groups is 2. The largest absolute Gasteiger partial charge is 0.481 e. The van der Waals surface area contributed by atoms with E-state index in [0.717, 1.165) is 5.56 Å². The van der Waals surface area contributed by atoms with E-state index in [4.69, 9.17) is 14.6 Å². The van der Waals surface area contributed by atoms with Crippen LogP contribution in [-0.2, 0) is 14.3 Å². The Kier molecular flexibility index (Phi) is 5.03. The van der Waals surface area contributed by atoms with E-state index in [1.54, 1.807) is 13.0 Å². The van der Waals surface area contributed by atoms with E-state index in [2.05, 4.69) is 5.32 Å². The molecule has 22 heavy (non-hydrogen) atoms. The number of aryl methyl sites for hydroxylation is 1. The molecular formula is C16H21NO5. The van der Waals surface area contributed by atoms with Gasteiger partial charge in [-0.2, -0.15) is 0 Å². The number of benzene rings is 1. The van der Waals surface area contributed by atoms with Gasteiger partial charge in [0, 0.05) is 6.61 Å². The Balaban J connectivity index is 1.99. The second-order valence-electron chi connectivity index (χ2n) is 5.72. The lowest BCUT2D eigenvalue weighted by molar-refractivity contribution is -0.139. The Labute approximate surface area is 129 Å². The minimum absolute atomic E-state index is 0.157. The molecule has 1 heterocycles. The summed E-state index contributed by atoms with van der Waals surface area (Å²) in [6, 6.07) is 7.42. The molecule has 6 nitrogen and oxygen atoms in total. The summed E-state index contributed by atoms with van der Waals surface area (Å²) in [6.45, 7) is 4.24. The zero-order valence-corrected chi connectivity index (χ0v) is 12.8. The number of nitrogens with one attached hydrogen (secondary N) is 1. The molecule has 0 aliphatic carbocycles. The van der Waals surface area contributed by atoms with Crippen molar-refractivity contribution in [2.24, 2.45) is 0 Å². The number of carboxylic acid groups (broad SMARTS) is 1. The van der Waals surface area contributed by atoms with Gasteiger partial charge in [0.15, 0.2) is 6.10 Å². The normalized spacial score (nSPS) is 22.1. The average molecular weight is 307 g/mol. The molecule has 0 spiro atoms. The molecule has 1 amide bonds. The van der Waals surface area contributed by atoms with E-state index in [0.29, 0.717) is 18.8 Å². The van der Waals surface area contributed by atoms with Crippen molar-refractivity contribution >= 4 is 11.9 Å². The van der Waals surface area contributed by atoms with Crippen LogP contribution in [0.15, 0.2) is 24.3 Å². The molecule has 2 atom stereocenters. The van der Waals surface area contributed by atoms with Crippen LogP contribution in [0, 0.1) is 6.92 Å². The lowest BCUT2D eigenvalue weighted by Crippen LogP contribution is -2.53. The van der Waals surface area contributed by atoms with E-state index < -0.39 is 17.6 Å². The standard InChI is InChI=1S/C16H21NO5/c1-11-4-3-5-13(8-11)22-12(2)15(20)17-16(9-14(18)19)6-7-21-10-16/h3-5,8,12H,6-7,9-10H2,1-2H3,(H,17,20)(H,18,19). The third-order valence-electron chi connectivity index (χ3n) is 3.65. The molecule has 1 saturated heterocycles. The fourth-order valence-electron chi connectivity index (χ4n) is 2.49. The summed E-state index contributed by atoms with van der Waals surface area (Å²) in [7, 11) is 0. The highest BCUT2D eigenvalue weighted by Crippen LogP contribution is 2.23. The first-order valence-corrected chi connectivity index (χ1v) is 7.25. The summed E-state index contributed by atoms with van der Waals surface area (Å²) in [5.41, 5.74) is 0.198. The Morgan fingerprint density at radius 3 is 2.86 bits per heavy atom. The van der Waals surface area contributed by atoms with Crippen LogP contribution >= 0.6 is 0 Å². The predicted molar refractivity (Wildman–Crippen MR) is 79.8 cm³/mol. The summed E-state index contributed by atoms with van der Waals surface area (Å²) in [6.07, 6.45) is -0.383. The summed E-state index contributed by atoms with van der Waals surface area (Å²) >= 11 is 0. The quantitative estimate of drug-likeness (QED) is 0.832. The van der Waals surface area contributed by atoms with Crippen molar-refractivity contribution in [1.29, 1.82) is 0 Å². The monoisotopic (exact) mass is 307 g/mol. The van der Waals surface area contributed by atoms with E-state index >= 15 is 0 Å². The molecule has 0 bridgehead atoms. The average Bonchev–Trinajstić information content (AvgIpc) is 2.85. The molecule has 120 valence electrons. The Hall–Kier alpha value is -2.08. The van der Waals surface area contributed by atoms with Crippen molar-refractivity contribution < 1.29 is 24.2 Å². The Morgan fingerprint density at radius 2 is 2.27 bits per heavy atom. The molecular weight excluding hydrogens is 286 g/mol. The smallest absolute Gasteiger partial charge is 0.305 e. The molecule has 6 heteroatoms. The summed E-state index contributed by atoms with van der Waals surface area (Å²) in [5, 5.41) is 11.8. The lowest BCUT2D eigenvalue weighted by Gasteiger charge is -2.28. The molecule has 1 aliphatic heterocycles. The number of amides is 1. The topological polar surface area (TPSA) is 84.9 Å². The highest BCUT2D eigenvalue weighted by atomic mass is 16.5. The number of hydrogen-bond donors (Lipinski definition) is 2. The van der Waals surface area contributed by atoms with Crippen LogP contribution < -0.4 is 10.1 Å². The summed E-state index contributed by atoms with van der Waals surface area (Å²) in [4.78, 5) is 23.3. The van der Waals surface area contributed by atoms with Crippen molar-refractivity contribution in [2.75, 3.05) is 13.2 Å². The number of hydrogen-bond acceptors (Lipinski definition) is 4. The fourth-order valence-corrected chi connectivity index (χ4v) is 2.49. The van der Waals surface area contributed by atoms with Gasteiger partial charge in [0.25, 0.3) is 5.91 Å². The van der Waals surface area contributed by atoms with Crippen LogP contribution in [0.2, 0.25) is 0 Å². The van der Waals surface area contributed by atoms with Gasteiger partial charge in [-0.05, 0) is 38.0 Å². The van der Waals surface area contributed by atoms with Crippen molar-refractivity contribution in [2.45, 2.75) is 38.3 Å². The minimum Gasteiger partial charge on any atom is -0.481 e. The SMILES string of the molecule is Cc1cccc(OC(C)C(=O)NC2(CC(=O)O)CCOC2)c1. The fraction of sp³-hybridized carbons (Fsp3) is 0.500. The Morgan fingerprint density at radius 1 is 1.50 bits per heavy atom. The van der Waals surface area contributed by atoms with Gasteiger partial charge in [0.2, 0.25) is 0 Å². The predicted octanol–water partition coefficient (Wildman–Crippen LogP) is 1.51. The molecule has 2 unspecified atom stereocenters. The maximum Gasteiger partial charge on any atom is 0.305 e. The third kappa shape index (κ3) is 4.21. The van der Waals surface area contributed by atoms with Gasteiger partial charge < -0.3 is 19.9 Å². The van der Waals surface area contributed by atoms with Gasteiger partial charge in [-0.15, -0.1) is 0 Å². The van der Waals surface area contributed by atoms with Crippen molar-refractivity contribution in [3.63, 3.8) is 0 Å². The molecule has 1 aliphatic rings. The van der Waals surface area contributed by atoms with E-state index in [9.17, 15) is 9.59 Å². The van der Waals surface area contributed by atoms with Gasteiger partial charge >= 0.3 is 5.97 Å². The van der Waals surface area contributed by atoms with Gasteiger partial charge in [0.05, 0.1) is 18.6 Å². The number of ether oxygens (including phenoxy) is 2. The zero-order chi connectivity index (χ0) is 16.2.